The first kappa shape index (κ1) is 20.6. The van der Waals surface area contributed by atoms with Gasteiger partial charge in [0.25, 0.3) is 0 Å². The van der Waals surface area contributed by atoms with Crippen LogP contribution in [0.2, 0.25) is 0 Å². The molecule has 0 aromatic heterocycles. The average molecular weight is 489 g/mol. The van der Waals surface area contributed by atoms with Crippen LogP contribution in [0.5, 0.6) is 0 Å². The Morgan fingerprint density at radius 2 is 1.72 bits per heavy atom. The fraction of sp³-hybridized carbons (Fsp3) is 0.562. The Morgan fingerprint density at radius 1 is 1.20 bits per heavy atom. The molecule has 0 aliphatic carbocycles. The molecule has 1 aromatic carbocycles. The Bertz CT molecular complexity index is 629. The summed E-state index contributed by atoms with van der Waals surface area (Å²) in [7, 11) is 0. The summed E-state index contributed by atoms with van der Waals surface area (Å²) in [5, 5.41) is 0. The molecule has 1 saturated heterocycles. The van der Waals surface area contributed by atoms with Crippen molar-refractivity contribution < 1.29 is 26.9 Å². The van der Waals surface area contributed by atoms with Crippen molar-refractivity contribution in [2.75, 3.05) is 6.61 Å². The Kier molecular flexibility index (Phi) is 5.90. The van der Waals surface area contributed by atoms with E-state index < -0.39 is 26.9 Å². The third-order valence-corrected chi connectivity index (χ3v) is 5.77. The molecule has 140 valence electrons. The summed E-state index contributed by atoms with van der Waals surface area (Å²) >= 11 is 3.04. The van der Waals surface area contributed by atoms with Crippen LogP contribution < -0.4 is 0 Å². The fourth-order valence-corrected chi connectivity index (χ4v) is 4.07. The maximum Gasteiger partial charge on any atom is 0.422 e. The predicted molar refractivity (Wildman–Crippen MR) is 98.2 cm³/mol. The molecule has 1 aliphatic heterocycles. The van der Waals surface area contributed by atoms with E-state index in [0.29, 0.717) is 5.56 Å². The zero-order chi connectivity index (χ0) is 19.0. The lowest BCUT2D eigenvalue weighted by Crippen LogP contribution is -2.45. The van der Waals surface area contributed by atoms with E-state index in [1.807, 2.05) is 6.92 Å². The Hall–Kier alpha value is -0.680. The molecule has 1 unspecified atom stereocenters. The van der Waals surface area contributed by atoms with E-state index in [9.17, 15) is 18.0 Å². The van der Waals surface area contributed by atoms with Crippen LogP contribution in [-0.2, 0) is 18.5 Å². The van der Waals surface area contributed by atoms with Gasteiger partial charge < -0.3 is 4.74 Å². The normalized spacial score (nSPS) is 21.1. The lowest BCUT2D eigenvalue weighted by molar-refractivity contribution is -0.137. The molecule has 2 atom stereocenters. The number of alkyl halides is 4. The molecule has 0 radical (unpaired) electrons. The topological polar surface area (TPSA) is 38.8 Å². The van der Waals surface area contributed by atoms with E-state index in [1.54, 1.807) is 20.8 Å². The van der Waals surface area contributed by atoms with Crippen LogP contribution in [-0.4, -0.2) is 28.6 Å². The summed E-state index contributed by atoms with van der Waals surface area (Å²) in [4.78, 5) is 12.4. The number of hydrogen-bond donors (Lipinski definition) is 0. The first-order valence-electron chi connectivity index (χ1n) is 7.51. The minimum atomic E-state index is -4.38. The summed E-state index contributed by atoms with van der Waals surface area (Å²) in [5.41, 5.74) is -0.684. The highest BCUT2D eigenvalue weighted by molar-refractivity contribution is 14.1. The number of hydrogen-bond acceptors (Lipinski definition) is 4. The van der Waals surface area contributed by atoms with Gasteiger partial charge >= 0.3 is 12.3 Å². The van der Waals surface area contributed by atoms with Gasteiger partial charge in [-0.05, 0) is 45.4 Å². The summed E-state index contributed by atoms with van der Waals surface area (Å²) in [5.74, 6) is 0. The van der Waals surface area contributed by atoms with E-state index in [2.05, 4.69) is 22.6 Å². The van der Waals surface area contributed by atoms with Crippen molar-refractivity contribution in [1.29, 1.82) is 0 Å². The van der Waals surface area contributed by atoms with Crippen LogP contribution in [0.15, 0.2) is 24.3 Å². The van der Waals surface area contributed by atoms with Crippen LogP contribution in [0.1, 0.15) is 38.8 Å². The molecule has 1 aromatic rings. The number of carbonyl (C=O) groups excluding carboxylic acids is 1. The summed E-state index contributed by atoms with van der Waals surface area (Å²) < 4.78 is 49.7. The number of carbonyl (C=O) groups is 1. The van der Waals surface area contributed by atoms with Gasteiger partial charge in [0.1, 0.15) is 17.8 Å². The summed E-state index contributed by atoms with van der Waals surface area (Å²) in [6, 6.07) is 4.58. The van der Waals surface area contributed by atoms with Crippen molar-refractivity contribution >= 4 is 40.9 Å². The van der Waals surface area contributed by atoms with Crippen LogP contribution in [0, 0.1) is 0 Å². The van der Waals surface area contributed by atoms with Crippen LogP contribution in [0.3, 0.4) is 0 Å². The molecule has 1 heterocycles. The van der Waals surface area contributed by atoms with E-state index in [-0.39, 0.29) is 12.6 Å². The largest absolute Gasteiger partial charge is 0.443 e. The van der Waals surface area contributed by atoms with Gasteiger partial charge in [0.2, 0.25) is 0 Å². The summed E-state index contributed by atoms with van der Waals surface area (Å²) in [6.07, 6.45) is -4.91. The van der Waals surface area contributed by atoms with Gasteiger partial charge in [0, 0.05) is 0 Å². The maximum atomic E-state index is 12.7. The monoisotopic (exact) mass is 489 g/mol. The molecule has 0 spiro atoms. The fourth-order valence-electron chi connectivity index (χ4n) is 2.29. The minimum absolute atomic E-state index is 0.254. The van der Waals surface area contributed by atoms with Gasteiger partial charge in [-0.3, -0.25) is 4.18 Å². The molecule has 2 rings (SSSR count). The van der Waals surface area contributed by atoms with E-state index in [0.717, 1.165) is 24.4 Å². The second-order valence-electron chi connectivity index (χ2n) is 6.83. The van der Waals surface area contributed by atoms with E-state index in [4.69, 9.17) is 8.92 Å². The van der Waals surface area contributed by atoms with E-state index in [1.165, 1.54) is 16.4 Å². The van der Waals surface area contributed by atoms with Crippen molar-refractivity contribution in [3.05, 3.63) is 35.4 Å². The third kappa shape index (κ3) is 4.94. The molecule has 25 heavy (non-hydrogen) atoms. The van der Waals surface area contributed by atoms with Gasteiger partial charge in [-0.1, -0.05) is 34.7 Å². The van der Waals surface area contributed by atoms with Crippen LogP contribution in [0.4, 0.5) is 18.0 Å². The van der Waals surface area contributed by atoms with Crippen LogP contribution >= 0.6 is 34.8 Å². The van der Waals surface area contributed by atoms with Gasteiger partial charge in [-0.2, -0.15) is 13.2 Å². The van der Waals surface area contributed by atoms with Crippen molar-refractivity contribution in [2.45, 2.75) is 48.9 Å². The Morgan fingerprint density at radius 3 is 2.20 bits per heavy atom. The lowest BCUT2D eigenvalue weighted by atomic mass is 9.92. The van der Waals surface area contributed by atoms with E-state index >= 15 is 0 Å². The molecular formula is C16H19F3INO3S. The Labute approximate surface area is 162 Å². The summed E-state index contributed by atoms with van der Waals surface area (Å²) in [6.45, 7) is 7.40. The van der Waals surface area contributed by atoms with Crippen molar-refractivity contribution in [1.82, 2.24) is 4.31 Å². The standard InChI is InChI=1S/C16H19F3INO3S/c1-14(2,3)24-13(22)21-12(9-23-25-21)15(4,20)10-5-7-11(8-6-10)16(17,18)19/h5-8,12H,9H2,1-4H3/t12?,15-/m0/s1. The van der Waals surface area contributed by atoms with Crippen molar-refractivity contribution in [3.8, 4) is 0 Å². The molecule has 4 nitrogen and oxygen atoms in total. The molecular weight excluding hydrogens is 470 g/mol. The zero-order valence-corrected chi connectivity index (χ0v) is 17.2. The maximum absolute atomic E-state index is 12.7. The molecule has 0 N–H and O–H groups in total. The van der Waals surface area contributed by atoms with Gasteiger partial charge in [0.05, 0.1) is 21.6 Å². The highest BCUT2D eigenvalue weighted by atomic mass is 127. The van der Waals surface area contributed by atoms with Gasteiger partial charge in [0.15, 0.2) is 0 Å². The predicted octanol–water partition coefficient (Wildman–Crippen LogP) is 5.55. The number of halogens is 4. The van der Waals surface area contributed by atoms with Crippen LogP contribution in [0.25, 0.3) is 0 Å². The van der Waals surface area contributed by atoms with Gasteiger partial charge in [-0.25, -0.2) is 9.10 Å². The second-order valence-corrected chi connectivity index (χ2v) is 9.85. The number of benzene rings is 1. The molecule has 1 aliphatic rings. The lowest BCUT2D eigenvalue weighted by Gasteiger charge is -2.34. The number of rotatable bonds is 2. The third-order valence-electron chi connectivity index (χ3n) is 3.62. The average Bonchev–Trinajstić information content (AvgIpc) is 2.95. The second kappa shape index (κ2) is 7.15. The minimum Gasteiger partial charge on any atom is -0.443 e. The number of nitrogens with zero attached hydrogens (tertiary/aromatic N) is 1. The number of amides is 1. The number of ether oxygens (including phenoxy) is 1. The smallest absolute Gasteiger partial charge is 0.422 e. The SMILES string of the molecule is CC(C)(C)OC(=O)N1SOCC1[C@@](C)(I)c1ccc(C(F)(F)F)cc1. The first-order chi connectivity index (χ1) is 11.3. The zero-order valence-electron chi connectivity index (χ0n) is 14.2. The van der Waals surface area contributed by atoms with Crippen molar-refractivity contribution in [3.63, 3.8) is 0 Å². The molecule has 1 fully saturated rings. The molecule has 1 amide bonds. The molecule has 0 bridgehead atoms. The van der Waals surface area contributed by atoms with Gasteiger partial charge in [-0.15, -0.1) is 0 Å². The molecule has 0 saturated carbocycles. The quantitative estimate of drug-likeness (QED) is 0.236. The first-order valence-corrected chi connectivity index (χ1v) is 9.28. The highest BCUT2D eigenvalue weighted by Gasteiger charge is 2.46. The molecule has 9 heteroatoms. The highest BCUT2D eigenvalue weighted by Crippen LogP contribution is 2.44. The van der Waals surface area contributed by atoms with Crippen molar-refractivity contribution in [2.24, 2.45) is 0 Å². The Balaban J connectivity index is 2.24.